The summed E-state index contributed by atoms with van der Waals surface area (Å²) in [7, 11) is 0. The van der Waals surface area contributed by atoms with E-state index < -0.39 is 0 Å². The molecule has 12 heavy (non-hydrogen) atoms. The molecule has 0 aromatic heterocycles. The average Bonchev–Trinajstić information content (AvgIpc) is 2.58. The van der Waals surface area contributed by atoms with Crippen LogP contribution in [0.2, 0.25) is 5.02 Å². The van der Waals surface area contributed by atoms with Crippen LogP contribution in [0.3, 0.4) is 0 Å². The fourth-order valence-corrected chi connectivity index (χ4v) is 3.21. The standard InChI is InChI=1S/C9H7ClS2/c10-8-3-1-7(2-4-8)9-11-5-6-12-9/h1-6,9H. The Labute approximate surface area is 85.4 Å². The summed E-state index contributed by atoms with van der Waals surface area (Å²) in [6.45, 7) is 0. The van der Waals surface area contributed by atoms with E-state index in [4.69, 9.17) is 11.6 Å². The molecular formula is C9H7ClS2. The fourth-order valence-electron chi connectivity index (χ4n) is 1.02. The van der Waals surface area contributed by atoms with Gasteiger partial charge in [-0.3, -0.25) is 0 Å². The molecule has 0 aliphatic carbocycles. The van der Waals surface area contributed by atoms with Crippen molar-refractivity contribution in [3.63, 3.8) is 0 Å². The molecule has 1 aliphatic rings. The molecule has 0 saturated heterocycles. The van der Waals surface area contributed by atoms with Crippen LogP contribution in [0.5, 0.6) is 0 Å². The van der Waals surface area contributed by atoms with Gasteiger partial charge in [0.1, 0.15) is 0 Å². The molecule has 1 aromatic carbocycles. The van der Waals surface area contributed by atoms with Crippen molar-refractivity contribution >= 4 is 35.1 Å². The zero-order chi connectivity index (χ0) is 8.39. The molecule has 62 valence electrons. The lowest BCUT2D eigenvalue weighted by Gasteiger charge is -2.06. The van der Waals surface area contributed by atoms with Crippen molar-refractivity contribution < 1.29 is 0 Å². The Morgan fingerprint density at radius 3 is 2.17 bits per heavy atom. The second kappa shape index (κ2) is 3.77. The first-order valence-electron chi connectivity index (χ1n) is 3.58. The van der Waals surface area contributed by atoms with E-state index in [0.717, 1.165) is 5.02 Å². The van der Waals surface area contributed by atoms with Gasteiger partial charge in [-0.2, -0.15) is 0 Å². The van der Waals surface area contributed by atoms with Crippen molar-refractivity contribution in [2.45, 2.75) is 4.58 Å². The number of thioether (sulfide) groups is 2. The number of hydrogen-bond acceptors (Lipinski definition) is 2. The summed E-state index contributed by atoms with van der Waals surface area (Å²) in [5, 5.41) is 5.06. The Balaban J connectivity index is 2.18. The summed E-state index contributed by atoms with van der Waals surface area (Å²) < 4.78 is 0.530. The molecule has 0 atom stereocenters. The van der Waals surface area contributed by atoms with Gasteiger partial charge in [-0.25, -0.2) is 0 Å². The zero-order valence-corrected chi connectivity index (χ0v) is 8.62. The lowest BCUT2D eigenvalue weighted by molar-refractivity contribution is 1.40. The predicted molar refractivity (Wildman–Crippen MR) is 58.5 cm³/mol. The molecule has 1 heterocycles. The second-order valence-electron chi connectivity index (χ2n) is 2.43. The van der Waals surface area contributed by atoms with Gasteiger partial charge in [0.05, 0.1) is 4.58 Å². The molecule has 0 N–H and O–H groups in total. The third-order valence-corrected chi connectivity index (χ3v) is 4.32. The summed E-state index contributed by atoms with van der Waals surface area (Å²) in [6, 6.07) is 8.05. The van der Waals surface area contributed by atoms with Gasteiger partial charge in [0.25, 0.3) is 0 Å². The van der Waals surface area contributed by atoms with E-state index in [-0.39, 0.29) is 0 Å². The first-order chi connectivity index (χ1) is 5.86. The maximum atomic E-state index is 5.79. The number of benzene rings is 1. The SMILES string of the molecule is Clc1ccc(C2SC=CS2)cc1. The summed E-state index contributed by atoms with van der Waals surface area (Å²) in [5.74, 6) is 0. The Morgan fingerprint density at radius 1 is 1.00 bits per heavy atom. The monoisotopic (exact) mass is 214 g/mol. The van der Waals surface area contributed by atoms with Crippen LogP contribution in [0.25, 0.3) is 0 Å². The smallest absolute Gasteiger partial charge is 0.0834 e. The lowest BCUT2D eigenvalue weighted by Crippen LogP contribution is -1.82. The van der Waals surface area contributed by atoms with E-state index in [9.17, 15) is 0 Å². The van der Waals surface area contributed by atoms with Crippen molar-refractivity contribution in [2.75, 3.05) is 0 Å². The van der Waals surface area contributed by atoms with E-state index >= 15 is 0 Å². The normalized spacial score (nSPS) is 17.1. The van der Waals surface area contributed by atoms with Gasteiger partial charge in [-0.1, -0.05) is 23.7 Å². The minimum absolute atomic E-state index is 0.530. The van der Waals surface area contributed by atoms with E-state index in [2.05, 4.69) is 22.9 Å². The fraction of sp³-hybridized carbons (Fsp3) is 0.111. The van der Waals surface area contributed by atoms with Crippen molar-refractivity contribution in [1.82, 2.24) is 0 Å². The molecule has 1 aliphatic heterocycles. The highest BCUT2D eigenvalue weighted by molar-refractivity contribution is 8.21. The summed E-state index contributed by atoms with van der Waals surface area (Å²) >= 11 is 9.47. The quantitative estimate of drug-likeness (QED) is 0.684. The molecule has 0 radical (unpaired) electrons. The Morgan fingerprint density at radius 2 is 1.58 bits per heavy atom. The van der Waals surface area contributed by atoms with Gasteiger partial charge in [0, 0.05) is 5.02 Å². The first-order valence-corrected chi connectivity index (χ1v) is 5.84. The third-order valence-electron chi connectivity index (χ3n) is 1.60. The van der Waals surface area contributed by atoms with Crippen molar-refractivity contribution in [3.05, 3.63) is 45.7 Å². The van der Waals surface area contributed by atoms with Crippen LogP contribution in [0, 0.1) is 0 Å². The van der Waals surface area contributed by atoms with Crippen LogP contribution in [0.1, 0.15) is 10.1 Å². The van der Waals surface area contributed by atoms with Gasteiger partial charge in [0.2, 0.25) is 0 Å². The van der Waals surface area contributed by atoms with E-state index in [0.29, 0.717) is 4.58 Å². The highest BCUT2D eigenvalue weighted by Gasteiger charge is 2.13. The predicted octanol–water partition coefficient (Wildman–Crippen LogP) is 4.29. The topological polar surface area (TPSA) is 0 Å². The van der Waals surface area contributed by atoms with Crippen LogP contribution < -0.4 is 0 Å². The van der Waals surface area contributed by atoms with E-state index in [1.807, 2.05) is 35.7 Å². The maximum absolute atomic E-state index is 5.79. The van der Waals surface area contributed by atoms with Crippen LogP contribution in [-0.4, -0.2) is 0 Å². The van der Waals surface area contributed by atoms with Gasteiger partial charge in [-0.05, 0) is 28.5 Å². The Kier molecular flexibility index (Phi) is 2.69. The average molecular weight is 215 g/mol. The van der Waals surface area contributed by atoms with Crippen molar-refractivity contribution in [2.24, 2.45) is 0 Å². The molecule has 0 unspecified atom stereocenters. The minimum Gasteiger partial charge on any atom is -0.114 e. The Hall–Kier alpha value is -0.0500. The number of halogens is 1. The molecule has 0 spiro atoms. The van der Waals surface area contributed by atoms with Crippen LogP contribution in [-0.2, 0) is 0 Å². The first kappa shape index (κ1) is 8.54. The zero-order valence-electron chi connectivity index (χ0n) is 6.24. The summed E-state index contributed by atoms with van der Waals surface area (Å²) in [6.07, 6.45) is 0. The second-order valence-corrected chi connectivity index (χ2v) is 5.19. The minimum atomic E-state index is 0.530. The molecule has 0 bridgehead atoms. The van der Waals surface area contributed by atoms with Crippen LogP contribution in [0.15, 0.2) is 35.1 Å². The molecule has 0 nitrogen and oxygen atoms in total. The van der Waals surface area contributed by atoms with Gasteiger partial charge in [-0.15, -0.1) is 23.5 Å². The van der Waals surface area contributed by atoms with Gasteiger partial charge >= 0.3 is 0 Å². The molecule has 1 aromatic rings. The molecular weight excluding hydrogens is 208 g/mol. The van der Waals surface area contributed by atoms with E-state index in [1.165, 1.54) is 5.56 Å². The molecule has 0 fully saturated rings. The van der Waals surface area contributed by atoms with Gasteiger partial charge in [0.15, 0.2) is 0 Å². The summed E-state index contributed by atoms with van der Waals surface area (Å²) in [4.78, 5) is 0. The molecule has 3 heteroatoms. The molecule has 0 saturated carbocycles. The largest absolute Gasteiger partial charge is 0.114 e. The van der Waals surface area contributed by atoms with Crippen molar-refractivity contribution in [1.29, 1.82) is 0 Å². The van der Waals surface area contributed by atoms with Gasteiger partial charge < -0.3 is 0 Å². The van der Waals surface area contributed by atoms with E-state index in [1.54, 1.807) is 0 Å². The van der Waals surface area contributed by atoms with Crippen molar-refractivity contribution in [3.8, 4) is 0 Å². The highest BCUT2D eigenvalue weighted by atomic mass is 35.5. The maximum Gasteiger partial charge on any atom is 0.0834 e. The highest BCUT2D eigenvalue weighted by Crippen LogP contribution is 2.46. The third kappa shape index (κ3) is 1.82. The lowest BCUT2D eigenvalue weighted by atomic mass is 10.2. The number of hydrogen-bond donors (Lipinski definition) is 0. The van der Waals surface area contributed by atoms with Crippen LogP contribution in [0.4, 0.5) is 0 Å². The molecule has 0 amide bonds. The van der Waals surface area contributed by atoms with Crippen LogP contribution >= 0.6 is 35.1 Å². The number of rotatable bonds is 1. The summed E-state index contributed by atoms with van der Waals surface area (Å²) in [5.41, 5.74) is 1.33. The molecule has 2 rings (SSSR count). The Bertz CT molecular complexity index is 284.